The Morgan fingerprint density at radius 1 is 1.40 bits per heavy atom. The Balaban J connectivity index is 2.85. The predicted octanol–water partition coefficient (Wildman–Crippen LogP) is 1.34. The van der Waals surface area contributed by atoms with Gasteiger partial charge in [0, 0.05) is 18.2 Å². The molecule has 1 rings (SSSR count). The van der Waals surface area contributed by atoms with Crippen molar-refractivity contribution in [2.75, 3.05) is 14.1 Å². The van der Waals surface area contributed by atoms with Gasteiger partial charge in [-0.2, -0.15) is 0 Å². The number of phenolic OH excluding ortho intramolecular Hbond substituents is 1. The number of rotatable bonds is 4. The van der Waals surface area contributed by atoms with Crippen molar-refractivity contribution in [1.82, 2.24) is 4.90 Å². The highest BCUT2D eigenvalue weighted by atomic mass is 16.3. The molecule has 0 aliphatic carbocycles. The van der Waals surface area contributed by atoms with Crippen molar-refractivity contribution in [1.29, 1.82) is 0 Å². The largest absolute Gasteiger partial charge is 0.508 e. The number of nitrogens with two attached hydrogens (primary N) is 1. The van der Waals surface area contributed by atoms with Gasteiger partial charge in [0.25, 0.3) is 0 Å². The summed E-state index contributed by atoms with van der Waals surface area (Å²) in [5, 5.41) is 9.66. The molecule has 0 saturated heterocycles. The first-order valence-corrected chi connectivity index (χ1v) is 5.20. The lowest BCUT2D eigenvalue weighted by Crippen LogP contribution is -2.18. The highest BCUT2D eigenvalue weighted by Gasteiger charge is 2.05. The van der Waals surface area contributed by atoms with Crippen molar-refractivity contribution in [2.45, 2.75) is 25.9 Å². The first kappa shape index (κ1) is 12.0. The Bertz CT molecular complexity index is 321. The first-order chi connectivity index (χ1) is 6.99. The fourth-order valence-corrected chi connectivity index (χ4v) is 1.60. The van der Waals surface area contributed by atoms with Crippen molar-refractivity contribution in [3.8, 4) is 5.75 Å². The second-order valence-electron chi connectivity index (χ2n) is 4.38. The molecule has 84 valence electrons. The van der Waals surface area contributed by atoms with Gasteiger partial charge in [-0.15, -0.1) is 0 Å². The minimum Gasteiger partial charge on any atom is -0.508 e. The Morgan fingerprint density at radius 2 is 2.07 bits per heavy atom. The van der Waals surface area contributed by atoms with Crippen LogP contribution in [0.3, 0.4) is 0 Å². The summed E-state index contributed by atoms with van der Waals surface area (Å²) in [6, 6.07) is 5.86. The summed E-state index contributed by atoms with van der Waals surface area (Å²) in [6.07, 6.45) is 0.848. The van der Waals surface area contributed by atoms with E-state index >= 15 is 0 Å². The number of benzene rings is 1. The highest BCUT2D eigenvalue weighted by molar-refractivity contribution is 5.36. The monoisotopic (exact) mass is 208 g/mol. The summed E-state index contributed by atoms with van der Waals surface area (Å²) in [6.45, 7) is 2.73. The smallest absolute Gasteiger partial charge is 0.120 e. The third-order valence-corrected chi connectivity index (χ3v) is 2.19. The zero-order valence-corrected chi connectivity index (χ0v) is 9.70. The molecule has 3 heteroatoms. The van der Waals surface area contributed by atoms with Gasteiger partial charge in [-0.3, -0.25) is 0 Å². The summed E-state index contributed by atoms with van der Waals surface area (Å²) in [7, 11) is 3.97. The van der Waals surface area contributed by atoms with E-state index in [4.69, 9.17) is 5.73 Å². The van der Waals surface area contributed by atoms with E-state index in [0.717, 1.165) is 18.5 Å². The van der Waals surface area contributed by atoms with E-state index in [0.29, 0.717) is 5.75 Å². The maximum absolute atomic E-state index is 9.66. The summed E-state index contributed by atoms with van der Waals surface area (Å²) in [4.78, 5) is 2.03. The van der Waals surface area contributed by atoms with E-state index < -0.39 is 0 Å². The molecule has 0 aliphatic heterocycles. The van der Waals surface area contributed by atoms with Crippen LogP contribution in [-0.4, -0.2) is 30.1 Å². The van der Waals surface area contributed by atoms with Crippen LogP contribution in [0.25, 0.3) is 0 Å². The molecule has 0 bridgehead atoms. The summed E-state index contributed by atoms with van der Waals surface area (Å²) < 4.78 is 0. The molecule has 0 fully saturated rings. The minimum atomic E-state index is 0.154. The van der Waals surface area contributed by atoms with Crippen LogP contribution in [0, 0.1) is 0 Å². The molecule has 1 atom stereocenters. The molecule has 0 heterocycles. The molecular formula is C12H20N2O. The average Bonchev–Trinajstić information content (AvgIpc) is 2.09. The fraction of sp³-hybridized carbons (Fsp3) is 0.500. The molecule has 3 N–H and O–H groups in total. The predicted molar refractivity (Wildman–Crippen MR) is 62.9 cm³/mol. The van der Waals surface area contributed by atoms with Crippen LogP contribution in [0.2, 0.25) is 0 Å². The van der Waals surface area contributed by atoms with Crippen molar-refractivity contribution in [3.63, 3.8) is 0 Å². The van der Waals surface area contributed by atoms with Crippen molar-refractivity contribution in [3.05, 3.63) is 29.3 Å². The van der Waals surface area contributed by atoms with Crippen LogP contribution in [0.5, 0.6) is 5.75 Å². The van der Waals surface area contributed by atoms with Crippen LogP contribution in [-0.2, 0) is 13.0 Å². The summed E-state index contributed by atoms with van der Waals surface area (Å²) >= 11 is 0. The van der Waals surface area contributed by atoms with Crippen LogP contribution in [0.1, 0.15) is 18.1 Å². The van der Waals surface area contributed by atoms with Gasteiger partial charge in [-0.05, 0) is 39.1 Å². The lowest BCUT2D eigenvalue weighted by Gasteiger charge is -2.13. The Hall–Kier alpha value is -1.06. The van der Waals surface area contributed by atoms with Crippen LogP contribution in [0.15, 0.2) is 18.2 Å². The molecule has 0 aromatic heterocycles. The minimum absolute atomic E-state index is 0.154. The molecule has 0 spiro atoms. The van der Waals surface area contributed by atoms with E-state index in [1.165, 1.54) is 5.56 Å². The number of phenols is 1. The molecule has 0 saturated carbocycles. The Labute approximate surface area is 91.5 Å². The first-order valence-electron chi connectivity index (χ1n) is 5.20. The van der Waals surface area contributed by atoms with Gasteiger partial charge < -0.3 is 15.7 Å². The van der Waals surface area contributed by atoms with Crippen molar-refractivity contribution >= 4 is 0 Å². The van der Waals surface area contributed by atoms with Crippen molar-refractivity contribution in [2.24, 2.45) is 5.73 Å². The van der Waals surface area contributed by atoms with Crippen LogP contribution in [0.4, 0.5) is 0 Å². The standard InChI is InChI=1S/C12H20N2O/c1-9(13)6-10-4-5-12(15)11(7-10)8-14(2)3/h4-5,7,9,15H,6,8,13H2,1-3H3/t9-/m1/s1. The van der Waals surface area contributed by atoms with Gasteiger partial charge in [0.1, 0.15) is 5.75 Å². The van der Waals surface area contributed by atoms with Crippen LogP contribution < -0.4 is 5.73 Å². The molecular weight excluding hydrogens is 188 g/mol. The lowest BCUT2D eigenvalue weighted by molar-refractivity contribution is 0.385. The summed E-state index contributed by atoms with van der Waals surface area (Å²) in [5.74, 6) is 0.358. The fourth-order valence-electron chi connectivity index (χ4n) is 1.60. The van der Waals surface area contributed by atoms with Gasteiger partial charge in [-0.25, -0.2) is 0 Å². The van der Waals surface area contributed by atoms with E-state index in [1.54, 1.807) is 6.07 Å². The zero-order valence-electron chi connectivity index (χ0n) is 9.70. The Kier molecular flexibility index (Phi) is 4.12. The third-order valence-electron chi connectivity index (χ3n) is 2.19. The quantitative estimate of drug-likeness (QED) is 0.785. The lowest BCUT2D eigenvalue weighted by atomic mass is 10.0. The number of hydrogen-bond acceptors (Lipinski definition) is 3. The second kappa shape index (κ2) is 5.14. The Morgan fingerprint density at radius 3 is 2.60 bits per heavy atom. The molecule has 0 unspecified atom stereocenters. The maximum atomic E-state index is 9.66. The number of nitrogens with zero attached hydrogens (tertiary/aromatic N) is 1. The van der Waals surface area contributed by atoms with E-state index in [2.05, 4.69) is 0 Å². The molecule has 0 aliphatic rings. The van der Waals surface area contributed by atoms with E-state index in [-0.39, 0.29) is 6.04 Å². The topological polar surface area (TPSA) is 49.5 Å². The van der Waals surface area contributed by atoms with Gasteiger partial charge in [0.05, 0.1) is 0 Å². The molecule has 3 nitrogen and oxygen atoms in total. The maximum Gasteiger partial charge on any atom is 0.120 e. The average molecular weight is 208 g/mol. The number of aromatic hydroxyl groups is 1. The van der Waals surface area contributed by atoms with Crippen molar-refractivity contribution < 1.29 is 5.11 Å². The summed E-state index contributed by atoms with van der Waals surface area (Å²) in [5.41, 5.74) is 7.88. The molecule has 15 heavy (non-hydrogen) atoms. The highest BCUT2D eigenvalue weighted by Crippen LogP contribution is 2.20. The van der Waals surface area contributed by atoms with E-state index in [9.17, 15) is 5.11 Å². The number of hydrogen-bond donors (Lipinski definition) is 2. The van der Waals surface area contributed by atoms with E-state index in [1.807, 2.05) is 38.1 Å². The molecule has 0 radical (unpaired) electrons. The van der Waals surface area contributed by atoms with Crippen LogP contribution >= 0.6 is 0 Å². The molecule has 1 aromatic rings. The SMILES string of the molecule is C[C@@H](N)Cc1ccc(O)c(CN(C)C)c1. The molecule has 1 aromatic carbocycles. The zero-order chi connectivity index (χ0) is 11.4. The molecule has 0 amide bonds. The third kappa shape index (κ3) is 3.90. The normalized spacial score (nSPS) is 13.1. The van der Waals surface area contributed by atoms with Gasteiger partial charge in [0.2, 0.25) is 0 Å². The van der Waals surface area contributed by atoms with Gasteiger partial charge >= 0.3 is 0 Å². The van der Waals surface area contributed by atoms with Gasteiger partial charge in [0.15, 0.2) is 0 Å². The second-order valence-corrected chi connectivity index (χ2v) is 4.38. The van der Waals surface area contributed by atoms with Gasteiger partial charge in [-0.1, -0.05) is 12.1 Å².